The number of nitrogens with one attached hydrogen (secondary N) is 1. The second-order valence-electron chi connectivity index (χ2n) is 4.47. The van der Waals surface area contributed by atoms with Crippen molar-refractivity contribution in [2.24, 2.45) is 5.92 Å². The van der Waals surface area contributed by atoms with Crippen molar-refractivity contribution in [1.82, 2.24) is 10.2 Å². The molecule has 18 heavy (non-hydrogen) atoms. The van der Waals surface area contributed by atoms with Gasteiger partial charge in [0.2, 0.25) is 0 Å². The number of urea groups is 1. The van der Waals surface area contributed by atoms with Gasteiger partial charge >= 0.3 is 12.0 Å². The van der Waals surface area contributed by atoms with E-state index >= 15 is 0 Å². The van der Waals surface area contributed by atoms with Gasteiger partial charge in [-0.05, 0) is 6.92 Å². The van der Waals surface area contributed by atoms with Crippen molar-refractivity contribution in [3.05, 3.63) is 0 Å². The predicted octanol–water partition coefficient (Wildman–Crippen LogP) is -0.238. The number of carboxylic acid groups (broad SMARTS) is 1. The fraction of sp³-hybridized carbons (Fsp3) is 0.818. The Kier molecular flexibility index (Phi) is 5.36. The van der Waals surface area contributed by atoms with E-state index in [1.807, 2.05) is 6.92 Å². The van der Waals surface area contributed by atoms with Crippen LogP contribution < -0.4 is 5.32 Å². The summed E-state index contributed by atoms with van der Waals surface area (Å²) in [5.41, 5.74) is 0. The van der Waals surface area contributed by atoms with Gasteiger partial charge in [0, 0.05) is 14.2 Å². The molecule has 0 aliphatic carbocycles. The number of nitrogens with zero attached hydrogens (tertiary/aromatic N) is 1. The van der Waals surface area contributed by atoms with Crippen molar-refractivity contribution in [3.8, 4) is 0 Å². The third-order valence-electron chi connectivity index (χ3n) is 2.97. The largest absolute Gasteiger partial charge is 0.481 e. The van der Waals surface area contributed by atoms with Crippen LogP contribution in [0.3, 0.4) is 0 Å². The molecule has 1 saturated heterocycles. The summed E-state index contributed by atoms with van der Waals surface area (Å²) >= 11 is 0. The van der Waals surface area contributed by atoms with Crippen molar-refractivity contribution in [2.45, 2.75) is 19.0 Å². The molecule has 1 aliphatic heterocycles. The zero-order valence-corrected chi connectivity index (χ0v) is 10.9. The molecule has 3 atom stereocenters. The Bertz CT molecular complexity index is 310. The number of hydrogen-bond acceptors (Lipinski definition) is 4. The predicted molar refractivity (Wildman–Crippen MR) is 63.4 cm³/mol. The quantitative estimate of drug-likeness (QED) is 0.712. The molecule has 2 amide bonds. The zero-order valence-electron chi connectivity index (χ0n) is 10.9. The van der Waals surface area contributed by atoms with E-state index in [1.54, 1.807) is 14.2 Å². The van der Waals surface area contributed by atoms with E-state index in [1.165, 1.54) is 4.90 Å². The average molecular weight is 260 g/mol. The van der Waals surface area contributed by atoms with Gasteiger partial charge in [-0.15, -0.1) is 0 Å². The van der Waals surface area contributed by atoms with Crippen LogP contribution in [0.25, 0.3) is 0 Å². The van der Waals surface area contributed by atoms with Gasteiger partial charge in [0.05, 0.1) is 31.9 Å². The van der Waals surface area contributed by atoms with Gasteiger partial charge in [-0.3, -0.25) is 4.79 Å². The van der Waals surface area contributed by atoms with E-state index in [0.29, 0.717) is 6.61 Å². The molecule has 0 radical (unpaired) electrons. The van der Waals surface area contributed by atoms with Crippen molar-refractivity contribution < 1.29 is 24.2 Å². The molecule has 1 heterocycles. The Labute approximate surface area is 106 Å². The Morgan fingerprint density at radius 2 is 2.22 bits per heavy atom. The Morgan fingerprint density at radius 3 is 2.78 bits per heavy atom. The SMILES string of the molecule is COCC(C)NC(=O)N(C)C1COCC1C(=O)O. The molecule has 0 aromatic carbocycles. The number of rotatable bonds is 5. The first-order valence-corrected chi connectivity index (χ1v) is 5.80. The number of amides is 2. The number of methoxy groups -OCH3 is 1. The van der Waals surface area contributed by atoms with Crippen LogP contribution in [0.4, 0.5) is 4.79 Å². The first-order chi connectivity index (χ1) is 8.47. The molecule has 0 saturated carbocycles. The summed E-state index contributed by atoms with van der Waals surface area (Å²) in [6, 6.07) is -0.880. The lowest BCUT2D eigenvalue weighted by Crippen LogP contribution is -2.51. The van der Waals surface area contributed by atoms with Crippen LogP contribution in [0, 0.1) is 5.92 Å². The summed E-state index contributed by atoms with van der Waals surface area (Å²) in [5, 5.41) is 11.8. The summed E-state index contributed by atoms with van der Waals surface area (Å²) in [6.45, 7) is 2.61. The van der Waals surface area contributed by atoms with Gasteiger partial charge in [0.15, 0.2) is 0 Å². The summed E-state index contributed by atoms with van der Waals surface area (Å²) < 4.78 is 10.0. The van der Waals surface area contributed by atoms with Gasteiger partial charge in [-0.1, -0.05) is 0 Å². The number of carboxylic acids is 1. The van der Waals surface area contributed by atoms with Crippen LogP contribution in [0.2, 0.25) is 0 Å². The monoisotopic (exact) mass is 260 g/mol. The molecule has 1 rings (SSSR count). The molecule has 0 aromatic rings. The molecule has 1 fully saturated rings. The van der Waals surface area contributed by atoms with Gasteiger partial charge in [-0.2, -0.15) is 0 Å². The summed E-state index contributed by atoms with van der Waals surface area (Å²) in [7, 11) is 3.13. The highest BCUT2D eigenvalue weighted by Gasteiger charge is 2.38. The van der Waals surface area contributed by atoms with E-state index in [4.69, 9.17) is 14.6 Å². The second-order valence-corrected chi connectivity index (χ2v) is 4.47. The molecule has 104 valence electrons. The lowest BCUT2D eigenvalue weighted by atomic mass is 10.0. The highest BCUT2D eigenvalue weighted by Crippen LogP contribution is 2.19. The zero-order chi connectivity index (χ0) is 13.7. The highest BCUT2D eigenvalue weighted by atomic mass is 16.5. The smallest absolute Gasteiger partial charge is 0.317 e. The maximum absolute atomic E-state index is 11.9. The minimum absolute atomic E-state index is 0.129. The van der Waals surface area contributed by atoms with Crippen molar-refractivity contribution >= 4 is 12.0 Å². The van der Waals surface area contributed by atoms with Crippen molar-refractivity contribution in [1.29, 1.82) is 0 Å². The summed E-state index contributed by atoms with van der Waals surface area (Å²) in [5.74, 6) is -1.61. The van der Waals surface area contributed by atoms with Gasteiger partial charge in [0.1, 0.15) is 5.92 Å². The first kappa shape index (κ1) is 14.7. The van der Waals surface area contributed by atoms with E-state index in [0.717, 1.165) is 0 Å². The van der Waals surface area contributed by atoms with E-state index in [9.17, 15) is 9.59 Å². The molecule has 7 nitrogen and oxygen atoms in total. The fourth-order valence-electron chi connectivity index (χ4n) is 1.92. The topological polar surface area (TPSA) is 88.1 Å². The van der Waals surface area contributed by atoms with E-state index in [-0.39, 0.29) is 25.3 Å². The van der Waals surface area contributed by atoms with Crippen LogP contribution in [0.5, 0.6) is 0 Å². The molecule has 0 bridgehead atoms. The molecule has 0 spiro atoms. The van der Waals surface area contributed by atoms with E-state index in [2.05, 4.69) is 5.32 Å². The Balaban J connectivity index is 2.55. The van der Waals surface area contributed by atoms with Crippen LogP contribution in [0.15, 0.2) is 0 Å². The second kappa shape index (κ2) is 6.55. The van der Waals surface area contributed by atoms with Crippen LogP contribution in [-0.2, 0) is 14.3 Å². The normalized spacial score (nSPS) is 24.6. The average Bonchev–Trinajstić information content (AvgIpc) is 2.76. The minimum Gasteiger partial charge on any atom is -0.481 e. The molecular weight excluding hydrogens is 240 g/mol. The van der Waals surface area contributed by atoms with Crippen LogP contribution in [0.1, 0.15) is 6.92 Å². The number of carbonyl (C=O) groups is 2. The molecule has 0 aromatic heterocycles. The lowest BCUT2D eigenvalue weighted by Gasteiger charge is -2.27. The number of aliphatic carboxylic acids is 1. The molecule has 7 heteroatoms. The number of likely N-dealkylation sites (N-methyl/N-ethyl adjacent to an activating group) is 1. The maximum atomic E-state index is 11.9. The third kappa shape index (κ3) is 3.58. The Hall–Kier alpha value is -1.34. The van der Waals surface area contributed by atoms with Gasteiger partial charge < -0.3 is 24.8 Å². The highest BCUT2D eigenvalue weighted by molar-refractivity contribution is 5.77. The minimum atomic E-state index is -0.943. The van der Waals surface area contributed by atoms with Crippen LogP contribution >= 0.6 is 0 Å². The van der Waals surface area contributed by atoms with Gasteiger partial charge in [-0.25, -0.2) is 4.79 Å². The first-order valence-electron chi connectivity index (χ1n) is 5.80. The number of hydrogen-bond donors (Lipinski definition) is 2. The number of ether oxygens (including phenoxy) is 2. The third-order valence-corrected chi connectivity index (χ3v) is 2.97. The van der Waals surface area contributed by atoms with Crippen LogP contribution in [-0.4, -0.2) is 68.1 Å². The standard InChI is InChI=1S/C11H20N2O5/c1-7(4-17-3)12-11(16)13(2)9-6-18-5-8(9)10(14)15/h7-9H,4-6H2,1-3H3,(H,12,16)(H,14,15). The maximum Gasteiger partial charge on any atom is 0.317 e. The summed E-state index contributed by atoms with van der Waals surface area (Å²) in [4.78, 5) is 24.3. The molecule has 3 unspecified atom stereocenters. The van der Waals surface area contributed by atoms with Crippen molar-refractivity contribution in [3.63, 3.8) is 0 Å². The summed E-state index contributed by atoms with van der Waals surface area (Å²) in [6.07, 6.45) is 0. The number of carbonyl (C=O) groups excluding carboxylic acids is 1. The van der Waals surface area contributed by atoms with Gasteiger partial charge in [0.25, 0.3) is 0 Å². The van der Waals surface area contributed by atoms with E-state index < -0.39 is 17.9 Å². The molecular formula is C11H20N2O5. The molecule has 2 N–H and O–H groups in total. The lowest BCUT2D eigenvalue weighted by molar-refractivity contribution is -0.142. The molecule has 1 aliphatic rings. The van der Waals surface area contributed by atoms with Crippen molar-refractivity contribution in [2.75, 3.05) is 34.0 Å². The Morgan fingerprint density at radius 1 is 1.56 bits per heavy atom. The fourth-order valence-corrected chi connectivity index (χ4v) is 1.92.